The van der Waals surface area contributed by atoms with Crippen LogP contribution in [-0.2, 0) is 0 Å². The fourth-order valence-electron chi connectivity index (χ4n) is 10.5. The molecule has 12 rings (SSSR count). The normalized spacial score (nSPS) is 11.3. The van der Waals surface area contributed by atoms with E-state index in [-0.39, 0.29) is 33.6 Å². The molecule has 4 nitrogen and oxygen atoms in total. The number of benzene rings is 12. The molecule has 0 bridgehead atoms. The van der Waals surface area contributed by atoms with Crippen molar-refractivity contribution in [3.05, 3.63) is 264 Å². The summed E-state index contributed by atoms with van der Waals surface area (Å²) in [7, 11) is 0. The second-order valence-corrected chi connectivity index (χ2v) is 18.5. The van der Waals surface area contributed by atoms with Gasteiger partial charge in [-0.2, -0.15) is 10.5 Å². The maximum Gasteiger partial charge on any atom is 0.133 e. The molecule has 78 heavy (non-hydrogen) atoms. The molecule has 0 atom stereocenters. The lowest BCUT2D eigenvalue weighted by molar-refractivity contribution is 0.588. The average Bonchev–Trinajstić information content (AvgIpc) is 3.51. The van der Waals surface area contributed by atoms with Gasteiger partial charge in [0.1, 0.15) is 46.5 Å². The third-order valence-electron chi connectivity index (χ3n) is 14.0. The third kappa shape index (κ3) is 8.33. The maximum absolute atomic E-state index is 15.8. The SMILES string of the molecule is N#Cc1ccc(N(c2cc(-c3c(F)cccc3F)cc(-c3c(F)cccc3F)c2)c2ccc3ccc4c(N(c5ccc(C#N)cc5)c5cc(-c6c(F)cccc6F)cc(-c6c(F)cccc6F)c5)ccc5ccc2c3c54)cc1. The molecule has 0 saturated carbocycles. The van der Waals surface area contributed by atoms with Crippen LogP contribution in [0.4, 0.5) is 69.2 Å². The van der Waals surface area contributed by atoms with Gasteiger partial charge in [0, 0.05) is 33.5 Å². The molecule has 0 aliphatic carbocycles. The van der Waals surface area contributed by atoms with Gasteiger partial charge in [-0.25, -0.2) is 35.1 Å². The molecule has 0 heterocycles. The minimum atomic E-state index is -0.910. The molecule has 0 N–H and O–H groups in total. The predicted molar refractivity (Wildman–Crippen MR) is 290 cm³/mol. The van der Waals surface area contributed by atoms with E-state index < -0.39 is 68.8 Å². The molecule has 0 amide bonds. The lowest BCUT2D eigenvalue weighted by atomic mass is 9.91. The van der Waals surface area contributed by atoms with Gasteiger partial charge in [0.05, 0.1) is 56.9 Å². The summed E-state index contributed by atoms with van der Waals surface area (Å²) < 4.78 is 127. The fourth-order valence-corrected chi connectivity index (χ4v) is 10.5. The van der Waals surface area contributed by atoms with E-state index in [9.17, 15) is 10.5 Å². The summed E-state index contributed by atoms with van der Waals surface area (Å²) in [6, 6.07) is 54.8. The Morgan fingerprint density at radius 2 is 0.551 bits per heavy atom. The van der Waals surface area contributed by atoms with Gasteiger partial charge in [0.25, 0.3) is 0 Å². The van der Waals surface area contributed by atoms with E-state index in [2.05, 4.69) is 12.1 Å². The van der Waals surface area contributed by atoms with Crippen molar-refractivity contribution in [2.75, 3.05) is 9.80 Å². The van der Waals surface area contributed by atoms with E-state index >= 15 is 35.1 Å². The Balaban J connectivity index is 1.14. The van der Waals surface area contributed by atoms with Crippen LogP contribution >= 0.6 is 0 Å². The molecule has 0 spiro atoms. The lowest BCUT2D eigenvalue weighted by Gasteiger charge is -2.30. The first-order valence-corrected chi connectivity index (χ1v) is 24.3. The van der Waals surface area contributed by atoms with Crippen molar-refractivity contribution in [1.29, 1.82) is 10.5 Å². The summed E-state index contributed by atoms with van der Waals surface area (Å²) in [5.41, 5.74) is 1.32. The molecule has 12 aromatic carbocycles. The standard InChI is InChI=1S/C66H34F8N4/c67-51-5-1-6-52(68)63(51)41-29-42(64-53(69)7-2-8-54(64)70)32-47(31-41)77(45-21-13-37(35-75)14-22-45)59-27-19-39-18-26-50-60(28-20-40-17-25-49(59)61(39)62(40)50)78(46-23-15-38(36-76)16-24-46)48-33-43(65-55(71)9-3-10-56(65)72)30-44(34-48)66-57(73)11-4-12-58(66)74/h1-34H. The quantitative estimate of drug-likeness (QED) is 0.101. The highest BCUT2D eigenvalue weighted by Gasteiger charge is 2.27. The first-order chi connectivity index (χ1) is 37.9. The summed E-state index contributed by atoms with van der Waals surface area (Å²) in [6.07, 6.45) is 0. The molecule has 0 fully saturated rings. The zero-order valence-corrected chi connectivity index (χ0v) is 40.4. The van der Waals surface area contributed by atoms with Crippen LogP contribution in [0.3, 0.4) is 0 Å². The van der Waals surface area contributed by atoms with Crippen molar-refractivity contribution < 1.29 is 35.1 Å². The molecule has 12 aromatic rings. The van der Waals surface area contributed by atoms with Crippen molar-refractivity contribution >= 4 is 66.4 Å². The van der Waals surface area contributed by atoms with Gasteiger partial charge in [-0.05, 0) is 189 Å². The summed E-state index contributed by atoms with van der Waals surface area (Å²) >= 11 is 0. The van der Waals surface area contributed by atoms with Crippen molar-refractivity contribution in [1.82, 2.24) is 0 Å². The summed E-state index contributed by atoms with van der Waals surface area (Å²) in [4.78, 5) is 3.55. The van der Waals surface area contributed by atoms with E-state index in [4.69, 9.17) is 0 Å². The van der Waals surface area contributed by atoms with Crippen LogP contribution in [0.5, 0.6) is 0 Å². The van der Waals surface area contributed by atoms with Crippen molar-refractivity contribution in [3.63, 3.8) is 0 Å². The van der Waals surface area contributed by atoms with Crippen LogP contribution in [0.25, 0.3) is 76.8 Å². The number of nitrogens with zero attached hydrogens (tertiary/aromatic N) is 4. The van der Waals surface area contributed by atoms with Crippen LogP contribution in [0, 0.1) is 69.2 Å². The second-order valence-electron chi connectivity index (χ2n) is 18.5. The molecule has 374 valence electrons. The number of rotatable bonds is 10. The maximum atomic E-state index is 15.8. The van der Waals surface area contributed by atoms with E-state index in [0.29, 0.717) is 44.6 Å². The molecule has 0 radical (unpaired) electrons. The van der Waals surface area contributed by atoms with Gasteiger partial charge < -0.3 is 9.80 Å². The Morgan fingerprint density at radius 3 is 0.821 bits per heavy atom. The number of anilines is 6. The molecule has 0 aliphatic rings. The predicted octanol–water partition coefficient (Wildman–Crippen LogP) is 19.0. The van der Waals surface area contributed by atoms with E-state index in [1.54, 1.807) is 58.3 Å². The number of nitriles is 2. The highest BCUT2D eigenvalue weighted by atomic mass is 19.2. The first kappa shape index (κ1) is 48.6. The largest absolute Gasteiger partial charge is 0.310 e. The number of hydrogen-bond acceptors (Lipinski definition) is 4. The highest BCUT2D eigenvalue weighted by molar-refractivity contribution is 6.28. The topological polar surface area (TPSA) is 54.1 Å². The number of halogens is 8. The van der Waals surface area contributed by atoms with Gasteiger partial charge in [-0.3, -0.25) is 0 Å². The Bertz CT molecular complexity index is 3960. The smallest absolute Gasteiger partial charge is 0.133 e. The Morgan fingerprint density at radius 1 is 0.282 bits per heavy atom. The van der Waals surface area contributed by atoms with Gasteiger partial charge in [-0.15, -0.1) is 0 Å². The van der Waals surface area contributed by atoms with Crippen LogP contribution < -0.4 is 9.80 Å². The zero-order valence-electron chi connectivity index (χ0n) is 40.4. The minimum absolute atomic E-state index is 0.0210. The van der Waals surface area contributed by atoms with Crippen LogP contribution in [0.2, 0.25) is 0 Å². The fraction of sp³-hybridized carbons (Fsp3) is 0. The second kappa shape index (κ2) is 19.4. The Hall–Kier alpha value is -10.3. The monoisotopic (exact) mass is 1030 g/mol. The van der Waals surface area contributed by atoms with Crippen LogP contribution in [0.1, 0.15) is 11.1 Å². The Kier molecular flexibility index (Phi) is 12.1. The molecule has 0 aliphatic heterocycles. The van der Waals surface area contributed by atoms with Crippen LogP contribution in [0.15, 0.2) is 206 Å². The average molecular weight is 1040 g/mol. The molecule has 0 aromatic heterocycles. The van der Waals surface area contributed by atoms with Gasteiger partial charge in [0.2, 0.25) is 0 Å². The van der Waals surface area contributed by atoms with Gasteiger partial charge in [-0.1, -0.05) is 60.7 Å². The molecular weight excluding hydrogens is 1000 g/mol. The first-order valence-electron chi connectivity index (χ1n) is 24.3. The number of hydrogen-bond donors (Lipinski definition) is 0. The van der Waals surface area contributed by atoms with E-state index in [0.717, 1.165) is 70.1 Å². The molecule has 12 heteroatoms. The van der Waals surface area contributed by atoms with Gasteiger partial charge in [0.15, 0.2) is 0 Å². The van der Waals surface area contributed by atoms with Crippen LogP contribution in [-0.4, -0.2) is 0 Å². The highest BCUT2D eigenvalue weighted by Crippen LogP contribution is 2.50. The molecule has 0 saturated heterocycles. The van der Waals surface area contributed by atoms with Gasteiger partial charge >= 0.3 is 0 Å². The van der Waals surface area contributed by atoms with E-state index in [1.165, 1.54) is 60.7 Å². The van der Waals surface area contributed by atoms with E-state index in [1.807, 2.05) is 48.5 Å². The molecule has 0 unspecified atom stereocenters. The molecular formula is C66H34F8N4. The summed E-state index contributed by atoms with van der Waals surface area (Å²) in [5.74, 6) is -7.28. The summed E-state index contributed by atoms with van der Waals surface area (Å²) in [5, 5.41) is 24.0. The van der Waals surface area contributed by atoms with Crippen molar-refractivity contribution in [3.8, 4) is 56.6 Å². The van der Waals surface area contributed by atoms with Crippen molar-refractivity contribution in [2.24, 2.45) is 0 Å². The van der Waals surface area contributed by atoms with Crippen molar-refractivity contribution in [2.45, 2.75) is 0 Å². The third-order valence-corrected chi connectivity index (χ3v) is 14.0. The minimum Gasteiger partial charge on any atom is -0.310 e. The zero-order chi connectivity index (χ0) is 53.9. The summed E-state index contributed by atoms with van der Waals surface area (Å²) in [6.45, 7) is 0. The lowest BCUT2D eigenvalue weighted by Crippen LogP contribution is -2.12. The Labute approximate surface area is 440 Å².